The molecule has 1 rings (SSSR count). The molecule has 0 spiro atoms. The summed E-state index contributed by atoms with van der Waals surface area (Å²) in [6, 6.07) is 6.50. The van der Waals surface area contributed by atoms with Crippen LogP contribution in [0.2, 0.25) is 0 Å². The minimum atomic E-state index is -0.246. The first-order chi connectivity index (χ1) is 8.17. The van der Waals surface area contributed by atoms with E-state index >= 15 is 0 Å². The molecule has 0 unspecified atom stereocenters. The number of nitrogens with zero attached hydrogens (tertiary/aromatic N) is 2. The monoisotopic (exact) mass is 235 g/mol. The second-order valence-corrected chi connectivity index (χ2v) is 4.11. The predicted molar refractivity (Wildman–Crippen MR) is 66.0 cm³/mol. The van der Waals surface area contributed by atoms with Crippen LogP contribution >= 0.6 is 0 Å². The van der Waals surface area contributed by atoms with Crippen molar-refractivity contribution < 1.29 is 4.39 Å². The highest BCUT2D eigenvalue weighted by Crippen LogP contribution is 2.12. The van der Waals surface area contributed by atoms with Crippen LogP contribution in [-0.4, -0.2) is 32.1 Å². The zero-order valence-electron chi connectivity index (χ0n) is 10.3. The average molecular weight is 235 g/mol. The molecular weight excluding hydrogens is 217 g/mol. The van der Waals surface area contributed by atoms with Gasteiger partial charge in [-0.25, -0.2) is 4.39 Å². The molecule has 4 heteroatoms. The maximum atomic E-state index is 13.5. The molecule has 0 aliphatic carbocycles. The van der Waals surface area contributed by atoms with Crippen molar-refractivity contribution in [1.82, 2.24) is 10.2 Å². The van der Waals surface area contributed by atoms with E-state index in [1.165, 1.54) is 12.1 Å². The minimum Gasteiger partial charge on any atom is -0.320 e. The first-order valence-corrected chi connectivity index (χ1v) is 5.69. The maximum absolute atomic E-state index is 13.5. The van der Waals surface area contributed by atoms with Crippen molar-refractivity contribution in [2.75, 3.05) is 27.2 Å². The highest BCUT2D eigenvalue weighted by molar-refractivity contribution is 5.33. The molecule has 0 amide bonds. The van der Waals surface area contributed by atoms with E-state index in [0.29, 0.717) is 17.7 Å². The zero-order valence-corrected chi connectivity index (χ0v) is 10.3. The number of hydrogen-bond acceptors (Lipinski definition) is 3. The Hall–Kier alpha value is -1.44. The van der Waals surface area contributed by atoms with Gasteiger partial charge in [0.25, 0.3) is 0 Å². The molecule has 0 aliphatic rings. The van der Waals surface area contributed by atoms with Crippen molar-refractivity contribution >= 4 is 0 Å². The smallest absolute Gasteiger partial charge is 0.127 e. The molecule has 17 heavy (non-hydrogen) atoms. The number of halogens is 1. The number of rotatable bonds is 6. The van der Waals surface area contributed by atoms with Crippen molar-refractivity contribution in [2.24, 2.45) is 0 Å². The first-order valence-electron chi connectivity index (χ1n) is 5.69. The van der Waals surface area contributed by atoms with Crippen LogP contribution < -0.4 is 5.32 Å². The van der Waals surface area contributed by atoms with Crippen LogP contribution in [0.25, 0.3) is 0 Å². The number of benzene rings is 1. The summed E-state index contributed by atoms with van der Waals surface area (Å²) in [4.78, 5) is 2.05. The molecule has 1 aromatic rings. The lowest BCUT2D eigenvalue weighted by Gasteiger charge is -2.17. The molecule has 0 saturated carbocycles. The summed E-state index contributed by atoms with van der Waals surface area (Å²) < 4.78 is 13.5. The first kappa shape index (κ1) is 13.6. The van der Waals surface area contributed by atoms with E-state index in [4.69, 9.17) is 5.26 Å². The third-order valence-corrected chi connectivity index (χ3v) is 2.58. The average Bonchev–Trinajstić information content (AvgIpc) is 2.32. The van der Waals surface area contributed by atoms with Gasteiger partial charge in [-0.1, -0.05) is 0 Å². The summed E-state index contributed by atoms with van der Waals surface area (Å²) >= 11 is 0. The number of nitrogens with one attached hydrogen (secondary N) is 1. The van der Waals surface area contributed by atoms with Crippen LogP contribution in [0.5, 0.6) is 0 Å². The van der Waals surface area contributed by atoms with Crippen molar-refractivity contribution in [2.45, 2.75) is 13.0 Å². The van der Waals surface area contributed by atoms with Gasteiger partial charge in [0.15, 0.2) is 0 Å². The van der Waals surface area contributed by atoms with Crippen LogP contribution in [-0.2, 0) is 6.54 Å². The Kier molecular flexibility index (Phi) is 5.61. The van der Waals surface area contributed by atoms with Crippen LogP contribution in [0.1, 0.15) is 17.5 Å². The van der Waals surface area contributed by atoms with E-state index in [0.717, 1.165) is 19.5 Å². The lowest BCUT2D eigenvalue weighted by molar-refractivity contribution is 0.316. The van der Waals surface area contributed by atoms with E-state index in [9.17, 15) is 4.39 Å². The SMILES string of the molecule is CNCCCN(C)Cc1cc(C#N)ccc1F. The fourth-order valence-electron chi connectivity index (χ4n) is 1.66. The van der Waals surface area contributed by atoms with E-state index in [1.54, 1.807) is 6.07 Å². The molecule has 1 N–H and O–H groups in total. The normalized spacial score (nSPS) is 10.5. The van der Waals surface area contributed by atoms with Crippen molar-refractivity contribution in [1.29, 1.82) is 5.26 Å². The molecular formula is C13H18FN3. The Bertz CT molecular complexity index is 398. The molecule has 0 fully saturated rings. The fraction of sp³-hybridized carbons (Fsp3) is 0.462. The standard InChI is InChI=1S/C13H18FN3/c1-16-6-3-7-17(2)10-12-8-11(9-15)4-5-13(12)14/h4-5,8,16H,3,6-7,10H2,1-2H3. The molecule has 0 bridgehead atoms. The van der Waals surface area contributed by atoms with E-state index in [-0.39, 0.29) is 5.82 Å². The summed E-state index contributed by atoms with van der Waals surface area (Å²) in [6.45, 7) is 2.38. The van der Waals surface area contributed by atoms with Gasteiger partial charge in [-0.2, -0.15) is 5.26 Å². The minimum absolute atomic E-state index is 0.246. The van der Waals surface area contributed by atoms with Gasteiger partial charge in [0.1, 0.15) is 5.82 Å². The third-order valence-electron chi connectivity index (χ3n) is 2.58. The molecule has 3 nitrogen and oxygen atoms in total. The molecule has 0 aliphatic heterocycles. The zero-order chi connectivity index (χ0) is 12.7. The second kappa shape index (κ2) is 7.00. The summed E-state index contributed by atoms with van der Waals surface area (Å²) in [6.07, 6.45) is 1.02. The van der Waals surface area contributed by atoms with Gasteiger partial charge in [-0.05, 0) is 51.8 Å². The number of nitriles is 1. The summed E-state index contributed by atoms with van der Waals surface area (Å²) in [5.74, 6) is -0.246. The Balaban J connectivity index is 2.58. The van der Waals surface area contributed by atoms with Crippen LogP contribution in [0.3, 0.4) is 0 Å². The summed E-state index contributed by atoms with van der Waals surface area (Å²) in [7, 11) is 3.87. The molecule has 92 valence electrons. The molecule has 1 aromatic carbocycles. The van der Waals surface area contributed by atoms with Crippen molar-refractivity contribution in [3.8, 4) is 6.07 Å². The Morgan fingerprint density at radius 3 is 2.88 bits per heavy atom. The molecule has 0 heterocycles. The van der Waals surface area contributed by atoms with E-state index in [1.807, 2.05) is 20.2 Å². The largest absolute Gasteiger partial charge is 0.320 e. The van der Waals surface area contributed by atoms with E-state index < -0.39 is 0 Å². The maximum Gasteiger partial charge on any atom is 0.127 e. The quantitative estimate of drug-likeness (QED) is 0.763. The lowest BCUT2D eigenvalue weighted by atomic mass is 10.1. The van der Waals surface area contributed by atoms with Gasteiger partial charge >= 0.3 is 0 Å². The Morgan fingerprint density at radius 2 is 2.24 bits per heavy atom. The molecule has 0 aromatic heterocycles. The Morgan fingerprint density at radius 1 is 1.47 bits per heavy atom. The highest BCUT2D eigenvalue weighted by Gasteiger charge is 2.06. The van der Waals surface area contributed by atoms with Gasteiger partial charge < -0.3 is 10.2 Å². The number of hydrogen-bond donors (Lipinski definition) is 1. The fourth-order valence-corrected chi connectivity index (χ4v) is 1.66. The van der Waals surface area contributed by atoms with Gasteiger partial charge in [0.05, 0.1) is 11.6 Å². The van der Waals surface area contributed by atoms with Gasteiger partial charge in [-0.3, -0.25) is 0 Å². The topological polar surface area (TPSA) is 39.1 Å². The molecule has 0 radical (unpaired) electrons. The van der Waals surface area contributed by atoms with Crippen LogP contribution in [0, 0.1) is 17.1 Å². The third kappa shape index (κ3) is 4.51. The van der Waals surface area contributed by atoms with Crippen LogP contribution in [0.15, 0.2) is 18.2 Å². The van der Waals surface area contributed by atoms with Crippen LogP contribution in [0.4, 0.5) is 4.39 Å². The van der Waals surface area contributed by atoms with Crippen molar-refractivity contribution in [3.63, 3.8) is 0 Å². The second-order valence-electron chi connectivity index (χ2n) is 4.11. The van der Waals surface area contributed by atoms with Gasteiger partial charge in [0, 0.05) is 12.1 Å². The van der Waals surface area contributed by atoms with Gasteiger partial charge in [-0.15, -0.1) is 0 Å². The van der Waals surface area contributed by atoms with Crippen molar-refractivity contribution in [3.05, 3.63) is 35.1 Å². The predicted octanol–water partition coefficient (Wildman–Crippen LogP) is 1.74. The molecule has 0 saturated heterocycles. The molecule has 0 atom stereocenters. The van der Waals surface area contributed by atoms with Gasteiger partial charge in [0.2, 0.25) is 0 Å². The lowest BCUT2D eigenvalue weighted by Crippen LogP contribution is -2.23. The summed E-state index contributed by atoms with van der Waals surface area (Å²) in [5.41, 5.74) is 1.08. The van der Waals surface area contributed by atoms with E-state index in [2.05, 4.69) is 10.2 Å². The Labute approximate surface area is 102 Å². The summed E-state index contributed by atoms with van der Waals surface area (Å²) in [5, 5.41) is 11.8. The highest BCUT2D eigenvalue weighted by atomic mass is 19.1.